The average Bonchev–Trinajstić information content (AvgIpc) is 2.33. The second-order valence-corrected chi connectivity index (χ2v) is 5.38. The molecule has 0 aliphatic carbocycles. The molecule has 1 aliphatic rings. The molecule has 1 aromatic rings. The summed E-state index contributed by atoms with van der Waals surface area (Å²) in [5.74, 6) is 2.36. The number of rotatable bonds is 2. The maximum atomic E-state index is 6.34. The van der Waals surface area contributed by atoms with Gasteiger partial charge in [0.25, 0.3) is 0 Å². The summed E-state index contributed by atoms with van der Waals surface area (Å²) in [5.41, 5.74) is 6.64. The highest BCUT2D eigenvalue weighted by Crippen LogP contribution is 2.31. The first-order valence-corrected chi connectivity index (χ1v) is 6.59. The number of halogens is 1. The summed E-state index contributed by atoms with van der Waals surface area (Å²) < 4.78 is 0. The van der Waals surface area contributed by atoms with Crippen LogP contribution in [0.15, 0.2) is 12.3 Å². The molecule has 94 valence electrons. The Kier molecular flexibility index (Phi) is 3.89. The molecule has 0 bridgehead atoms. The van der Waals surface area contributed by atoms with E-state index in [1.165, 1.54) is 6.42 Å². The van der Waals surface area contributed by atoms with E-state index in [1.807, 2.05) is 6.07 Å². The van der Waals surface area contributed by atoms with Gasteiger partial charge < -0.3 is 10.6 Å². The van der Waals surface area contributed by atoms with Crippen molar-refractivity contribution < 1.29 is 0 Å². The van der Waals surface area contributed by atoms with Gasteiger partial charge in [0.2, 0.25) is 0 Å². The molecule has 0 radical (unpaired) electrons. The maximum absolute atomic E-state index is 6.34. The predicted molar refractivity (Wildman–Crippen MR) is 72.3 cm³/mol. The lowest BCUT2D eigenvalue weighted by molar-refractivity contribution is 0.323. The first kappa shape index (κ1) is 12.7. The molecular formula is C13H20ClN3. The van der Waals surface area contributed by atoms with Gasteiger partial charge in [0.05, 0.1) is 5.02 Å². The van der Waals surface area contributed by atoms with Gasteiger partial charge in [0.1, 0.15) is 5.82 Å². The lowest BCUT2D eigenvalue weighted by atomic mass is 9.89. The standard InChI is InChI=1S/C13H20ClN3/c1-9-4-6-17(8-10(9)2)13-12(14)11(7-15)3-5-16-13/h3,5,9-10H,4,6-8,15H2,1-2H3. The zero-order valence-electron chi connectivity index (χ0n) is 10.5. The SMILES string of the molecule is CC1CCN(c2nccc(CN)c2Cl)CC1C. The number of anilines is 1. The minimum absolute atomic E-state index is 0.466. The Bertz CT molecular complexity index is 394. The van der Waals surface area contributed by atoms with E-state index in [1.54, 1.807) is 6.20 Å². The summed E-state index contributed by atoms with van der Waals surface area (Å²) in [7, 11) is 0. The zero-order chi connectivity index (χ0) is 12.4. The maximum Gasteiger partial charge on any atom is 0.147 e. The number of aromatic nitrogens is 1. The van der Waals surface area contributed by atoms with Crippen LogP contribution in [0.1, 0.15) is 25.8 Å². The Morgan fingerprint density at radius 2 is 2.24 bits per heavy atom. The minimum Gasteiger partial charge on any atom is -0.355 e. The molecule has 3 nitrogen and oxygen atoms in total. The predicted octanol–water partition coefficient (Wildman–Crippen LogP) is 2.68. The van der Waals surface area contributed by atoms with Crippen molar-refractivity contribution in [3.05, 3.63) is 22.8 Å². The van der Waals surface area contributed by atoms with Crippen LogP contribution in [0, 0.1) is 11.8 Å². The van der Waals surface area contributed by atoms with Gasteiger partial charge in [-0.15, -0.1) is 0 Å². The van der Waals surface area contributed by atoms with E-state index in [4.69, 9.17) is 17.3 Å². The monoisotopic (exact) mass is 253 g/mol. The number of nitrogens with two attached hydrogens (primary N) is 1. The van der Waals surface area contributed by atoms with Crippen LogP contribution >= 0.6 is 11.6 Å². The van der Waals surface area contributed by atoms with Crippen molar-refractivity contribution in [3.63, 3.8) is 0 Å². The van der Waals surface area contributed by atoms with Crippen molar-refractivity contribution in [2.45, 2.75) is 26.8 Å². The molecule has 4 heteroatoms. The van der Waals surface area contributed by atoms with Crippen molar-refractivity contribution >= 4 is 17.4 Å². The summed E-state index contributed by atoms with van der Waals surface area (Å²) in [4.78, 5) is 6.69. The first-order valence-electron chi connectivity index (χ1n) is 6.22. The van der Waals surface area contributed by atoms with Crippen LogP contribution in [-0.4, -0.2) is 18.1 Å². The Balaban J connectivity index is 2.23. The second kappa shape index (κ2) is 5.23. The molecule has 1 aliphatic heterocycles. The fourth-order valence-corrected chi connectivity index (χ4v) is 2.61. The molecule has 1 fully saturated rings. The largest absolute Gasteiger partial charge is 0.355 e. The molecule has 2 heterocycles. The molecule has 0 aromatic carbocycles. The summed E-state index contributed by atoms with van der Waals surface area (Å²) in [6.07, 6.45) is 3.00. The first-order chi connectivity index (χ1) is 8.13. The summed E-state index contributed by atoms with van der Waals surface area (Å²) in [6.45, 7) is 7.13. The van der Waals surface area contributed by atoms with E-state index < -0.39 is 0 Å². The molecule has 2 atom stereocenters. The number of pyridine rings is 1. The normalized spacial score (nSPS) is 25.1. The molecule has 0 spiro atoms. The van der Waals surface area contributed by atoms with Crippen LogP contribution in [0.25, 0.3) is 0 Å². The van der Waals surface area contributed by atoms with Crippen LogP contribution in [-0.2, 0) is 6.54 Å². The van der Waals surface area contributed by atoms with Gasteiger partial charge in [-0.25, -0.2) is 4.98 Å². The van der Waals surface area contributed by atoms with Gasteiger partial charge >= 0.3 is 0 Å². The van der Waals surface area contributed by atoms with E-state index in [2.05, 4.69) is 23.7 Å². The molecule has 2 unspecified atom stereocenters. The third-order valence-electron chi connectivity index (χ3n) is 3.80. The third-order valence-corrected chi connectivity index (χ3v) is 4.22. The van der Waals surface area contributed by atoms with Crippen LogP contribution in [0.5, 0.6) is 0 Å². The van der Waals surface area contributed by atoms with Gasteiger partial charge in [-0.1, -0.05) is 25.4 Å². The van der Waals surface area contributed by atoms with Gasteiger partial charge in [0, 0.05) is 25.8 Å². The number of hydrogen-bond acceptors (Lipinski definition) is 3. The lowest BCUT2D eigenvalue weighted by Crippen LogP contribution is -2.39. The van der Waals surface area contributed by atoms with E-state index in [-0.39, 0.29) is 0 Å². The van der Waals surface area contributed by atoms with E-state index in [9.17, 15) is 0 Å². The molecule has 17 heavy (non-hydrogen) atoms. The second-order valence-electron chi connectivity index (χ2n) is 5.00. The highest BCUT2D eigenvalue weighted by atomic mass is 35.5. The van der Waals surface area contributed by atoms with Crippen molar-refractivity contribution in [1.29, 1.82) is 0 Å². The molecule has 1 saturated heterocycles. The fraction of sp³-hybridized carbons (Fsp3) is 0.615. The Morgan fingerprint density at radius 1 is 1.47 bits per heavy atom. The van der Waals surface area contributed by atoms with Crippen LogP contribution in [0.4, 0.5) is 5.82 Å². The molecule has 2 rings (SSSR count). The van der Waals surface area contributed by atoms with Crippen LogP contribution in [0.2, 0.25) is 5.02 Å². The highest BCUT2D eigenvalue weighted by molar-refractivity contribution is 6.33. The number of hydrogen-bond donors (Lipinski definition) is 1. The van der Waals surface area contributed by atoms with E-state index in [0.29, 0.717) is 12.5 Å². The third kappa shape index (κ3) is 2.55. The minimum atomic E-state index is 0.466. The smallest absolute Gasteiger partial charge is 0.147 e. The van der Waals surface area contributed by atoms with Crippen LogP contribution in [0.3, 0.4) is 0 Å². The van der Waals surface area contributed by atoms with Gasteiger partial charge in [0.15, 0.2) is 0 Å². The molecule has 0 amide bonds. The Labute approximate surface area is 108 Å². The van der Waals surface area contributed by atoms with Crippen molar-refractivity contribution in [2.24, 2.45) is 17.6 Å². The average molecular weight is 254 g/mol. The van der Waals surface area contributed by atoms with Gasteiger partial charge in [-0.3, -0.25) is 0 Å². The van der Waals surface area contributed by atoms with Crippen LogP contribution < -0.4 is 10.6 Å². The molecule has 0 saturated carbocycles. The Morgan fingerprint density at radius 3 is 2.88 bits per heavy atom. The lowest BCUT2D eigenvalue weighted by Gasteiger charge is -2.36. The van der Waals surface area contributed by atoms with Crippen molar-refractivity contribution in [2.75, 3.05) is 18.0 Å². The summed E-state index contributed by atoms with van der Waals surface area (Å²) >= 11 is 6.34. The number of piperidine rings is 1. The Hall–Kier alpha value is -0.800. The zero-order valence-corrected chi connectivity index (χ0v) is 11.2. The highest BCUT2D eigenvalue weighted by Gasteiger charge is 2.25. The number of nitrogens with zero attached hydrogens (tertiary/aromatic N) is 2. The summed E-state index contributed by atoms with van der Waals surface area (Å²) in [5, 5.41) is 0.719. The quantitative estimate of drug-likeness (QED) is 0.881. The molecule has 2 N–H and O–H groups in total. The van der Waals surface area contributed by atoms with Gasteiger partial charge in [-0.2, -0.15) is 0 Å². The molecular weight excluding hydrogens is 234 g/mol. The fourth-order valence-electron chi connectivity index (χ4n) is 2.30. The van der Waals surface area contributed by atoms with E-state index in [0.717, 1.165) is 35.4 Å². The summed E-state index contributed by atoms with van der Waals surface area (Å²) in [6, 6.07) is 1.89. The van der Waals surface area contributed by atoms with Crippen molar-refractivity contribution in [1.82, 2.24) is 4.98 Å². The van der Waals surface area contributed by atoms with E-state index >= 15 is 0 Å². The van der Waals surface area contributed by atoms with Gasteiger partial charge in [-0.05, 0) is 29.9 Å². The molecule has 1 aromatic heterocycles. The van der Waals surface area contributed by atoms with Crippen molar-refractivity contribution in [3.8, 4) is 0 Å². The topological polar surface area (TPSA) is 42.2 Å².